The number of hydrogen-bond donors (Lipinski definition) is 9. The van der Waals surface area contributed by atoms with E-state index in [-0.39, 0.29) is 36.9 Å². The molecule has 12 atom stereocenters. The summed E-state index contributed by atoms with van der Waals surface area (Å²) in [5.74, 6) is -0.722. The molecule has 0 aromatic heterocycles. The lowest BCUT2D eigenvalue weighted by Gasteiger charge is -2.50. The Hall–Kier alpha value is -7.72. The zero-order chi connectivity index (χ0) is 67.3. The fourth-order valence-electron chi connectivity index (χ4n) is 10.3. The normalized spacial score (nSPS) is 25.8. The van der Waals surface area contributed by atoms with Crippen molar-refractivity contribution in [2.24, 2.45) is 5.92 Å². The first-order valence-corrected chi connectivity index (χ1v) is 29.8. The monoisotopic (exact) mass is 1290 g/mol. The maximum atomic E-state index is 14.0. The third kappa shape index (κ3) is 22.0. The molecule has 3 aliphatic heterocycles. The number of benzene rings is 2. The largest absolute Gasteiger partial charge is 0.466 e. The number of nitrogens with one attached hydrogen (secondary N) is 5. The van der Waals surface area contributed by atoms with E-state index in [1.54, 1.807) is 73.3 Å². The smallest absolute Gasteiger partial charge is 0.410 e. The van der Waals surface area contributed by atoms with Gasteiger partial charge in [0.15, 0.2) is 6.29 Å². The van der Waals surface area contributed by atoms with Crippen LogP contribution in [0.4, 0.5) is 35.3 Å². The highest BCUT2D eigenvalue weighted by atomic mass is 16.7. The summed E-state index contributed by atoms with van der Waals surface area (Å²) in [6.07, 6.45) is -15.0. The minimum absolute atomic E-state index is 0.0107. The van der Waals surface area contributed by atoms with Crippen molar-refractivity contribution in [2.45, 2.75) is 198 Å². The van der Waals surface area contributed by atoms with Crippen LogP contribution in [0.25, 0.3) is 0 Å². The molecule has 6 amide bonds. The number of carbonyl (C=O) groups is 6. The zero-order valence-electron chi connectivity index (χ0n) is 52.9. The molecule has 1 saturated carbocycles. The molecule has 32 nitrogen and oxygen atoms in total. The second-order valence-corrected chi connectivity index (χ2v) is 25.9. The van der Waals surface area contributed by atoms with Gasteiger partial charge in [0.1, 0.15) is 71.9 Å². The predicted molar refractivity (Wildman–Crippen MR) is 318 cm³/mol. The topological polar surface area (TPSA) is 419 Å². The molecule has 0 spiro atoms. The second-order valence-electron chi connectivity index (χ2n) is 25.9. The average molecular weight is 1290 g/mol. The molecule has 6 rings (SSSR count). The van der Waals surface area contributed by atoms with Gasteiger partial charge in [0, 0.05) is 44.4 Å². The summed E-state index contributed by atoms with van der Waals surface area (Å²) in [4.78, 5) is 105. The van der Waals surface area contributed by atoms with Gasteiger partial charge in [-0.2, -0.15) is 0 Å². The highest BCUT2D eigenvalue weighted by Gasteiger charge is 2.55. The molecule has 2 aromatic carbocycles. The van der Waals surface area contributed by atoms with Gasteiger partial charge in [-0.15, -0.1) is 0 Å². The predicted octanol–water partition coefficient (Wildman–Crippen LogP) is 3.87. The van der Waals surface area contributed by atoms with Gasteiger partial charge in [0.25, 0.3) is 17.3 Å². The summed E-state index contributed by atoms with van der Waals surface area (Å²) in [5.41, 5.74) is -4.31. The average Bonchev–Trinajstić information content (AvgIpc) is 0.780. The first-order chi connectivity index (χ1) is 42.4. The molecule has 1 aliphatic carbocycles. The number of carbonyl (C=O) groups excluding carboxylic acids is 6. The number of piperidine rings is 1. The lowest BCUT2D eigenvalue weighted by Crippen LogP contribution is -2.71. The summed E-state index contributed by atoms with van der Waals surface area (Å²) >= 11 is 0. The number of rotatable bonds is 21. The van der Waals surface area contributed by atoms with Crippen LogP contribution in [0.5, 0.6) is 0 Å². The molecule has 0 bridgehead atoms. The molecular formula is C59H87N9O23. The number of aliphatic hydroxyl groups is 4. The third-order valence-electron chi connectivity index (χ3n) is 14.7. The van der Waals surface area contributed by atoms with E-state index < -0.39 is 162 Å². The number of non-ortho nitro benzene ring substituents is 2. The number of alkyl carbamates (subject to hydrolysis) is 3. The van der Waals surface area contributed by atoms with E-state index >= 15 is 0 Å². The third-order valence-corrected chi connectivity index (χ3v) is 14.7. The SMILES string of the molecule is CN(C(=O)OC(C)(C)C)[C@@H]1[C@@H](O)[C@@H](O[C@@H]2[C@@H](O)[C@H](O[C@H]3OC(CNCC4CCN(C(=O)OC(C)(C)C)CC4)=CC[C@H]3NC(=O)OCc3ccc([N+](=O)[O-])cc3)[C@@H](NC(=O)OCc3ccc([N+](=O)[O-])cc3)C[C@H]2NC(=O)[C@@H](O)CNC(=O)OC(C)(C)C)OC[C@]1(C)O. The van der Waals surface area contributed by atoms with E-state index in [0.717, 1.165) is 4.90 Å². The first kappa shape index (κ1) is 72.3. The number of amides is 6. The Morgan fingerprint density at radius 1 is 0.725 bits per heavy atom. The fraction of sp³-hybridized carbons (Fsp3) is 0.661. The number of hydrogen-bond acceptors (Lipinski definition) is 24. The molecule has 9 N–H and O–H groups in total. The summed E-state index contributed by atoms with van der Waals surface area (Å²) in [6, 6.07) is 4.71. The molecule has 32 heteroatoms. The maximum absolute atomic E-state index is 14.0. The Morgan fingerprint density at radius 2 is 1.23 bits per heavy atom. The summed E-state index contributed by atoms with van der Waals surface area (Å²) in [7, 11) is 1.26. The molecule has 506 valence electrons. The molecular weight excluding hydrogens is 1200 g/mol. The number of aliphatic hydroxyl groups excluding tert-OH is 3. The van der Waals surface area contributed by atoms with Gasteiger partial charge >= 0.3 is 30.5 Å². The Morgan fingerprint density at radius 3 is 1.75 bits per heavy atom. The van der Waals surface area contributed by atoms with Gasteiger partial charge in [-0.25, -0.2) is 24.0 Å². The maximum Gasteiger partial charge on any atom is 0.410 e. The van der Waals surface area contributed by atoms with Crippen molar-refractivity contribution >= 4 is 47.7 Å². The van der Waals surface area contributed by atoms with Crippen molar-refractivity contribution in [2.75, 3.05) is 46.4 Å². The number of nitro groups is 2. The fourth-order valence-corrected chi connectivity index (χ4v) is 10.3. The number of ether oxygens (including phenoxy) is 9. The van der Waals surface area contributed by atoms with Crippen LogP contribution in [0.2, 0.25) is 0 Å². The van der Waals surface area contributed by atoms with Crippen LogP contribution in [0.1, 0.15) is 106 Å². The molecule has 4 aliphatic rings. The molecule has 2 aromatic rings. The molecule has 91 heavy (non-hydrogen) atoms. The van der Waals surface area contributed by atoms with Gasteiger partial charge < -0.3 is 99.4 Å². The Kier molecular flexibility index (Phi) is 24.7. The number of likely N-dealkylation sites (N-methyl/N-ethyl adjacent to an activating group) is 1. The minimum atomic E-state index is -2.08. The lowest BCUT2D eigenvalue weighted by molar-refractivity contribution is -0.385. The van der Waals surface area contributed by atoms with Gasteiger partial charge in [-0.1, -0.05) is 0 Å². The van der Waals surface area contributed by atoms with E-state index in [1.807, 2.05) is 0 Å². The van der Waals surface area contributed by atoms with Crippen molar-refractivity contribution in [3.63, 3.8) is 0 Å². The number of nitrogens with zero attached hydrogens (tertiary/aromatic N) is 4. The van der Waals surface area contributed by atoms with Crippen LogP contribution in [-0.4, -0.2) is 212 Å². The highest BCUT2D eigenvalue weighted by Crippen LogP contribution is 2.35. The van der Waals surface area contributed by atoms with E-state index in [4.69, 9.17) is 42.6 Å². The van der Waals surface area contributed by atoms with Crippen LogP contribution in [-0.2, 0) is 60.6 Å². The molecule has 0 radical (unpaired) electrons. The van der Waals surface area contributed by atoms with Crippen LogP contribution in [0, 0.1) is 26.1 Å². The van der Waals surface area contributed by atoms with E-state index in [9.17, 15) is 69.4 Å². The van der Waals surface area contributed by atoms with Crippen LogP contribution >= 0.6 is 0 Å². The Balaban J connectivity index is 1.33. The molecule has 2 saturated heterocycles. The Labute approximate surface area is 526 Å². The number of nitro benzene ring substituents is 2. The second kappa shape index (κ2) is 31.1. The molecule has 3 heterocycles. The van der Waals surface area contributed by atoms with Crippen molar-refractivity contribution < 1.29 is 102 Å². The highest BCUT2D eigenvalue weighted by molar-refractivity contribution is 5.82. The first-order valence-electron chi connectivity index (χ1n) is 29.8. The van der Waals surface area contributed by atoms with Crippen molar-refractivity contribution in [1.29, 1.82) is 0 Å². The lowest BCUT2D eigenvalue weighted by atomic mass is 9.82. The molecule has 3 fully saturated rings. The standard InChI is InChI=1S/C59H87N9O23/c1-56(2,3)89-51(73)61-29-42(69)48(72)62-40-26-41(64-53(75)84-31-35-14-18-37(19-15-35)68(81)82)46(43(70)45(40)88-50-44(71)47(59(10,78)32-85-50)65(11)54(76)90-57(4,5)6)87-49-39(63-52(74)83-30-34-12-16-36(17-13-34)67(79)80)21-20-38(86-49)28-60-27-33-22-24-66(25-23-33)55(77)91-58(7,8)9/h12-20,33,39-47,49-50,60,69-71,78H,21-32H2,1-11H3,(H,61,73)(H,62,72)(H,63,74)(H,64,75)/t39-,40-,41+,42+,43-,44-,45+,46-,47-,49-,50-,59+/m1/s1. The molecule has 0 unspecified atom stereocenters. The van der Waals surface area contributed by atoms with Crippen LogP contribution in [0.3, 0.4) is 0 Å². The summed E-state index contributed by atoms with van der Waals surface area (Å²) in [5, 5.41) is 84.1. The van der Waals surface area contributed by atoms with Crippen molar-refractivity contribution in [1.82, 2.24) is 36.4 Å². The number of likely N-dealkylation sites (tertiary alicyclic amines) is 1. The summed E-state index contributed by atoms with van der Waals surface area (Å²) in [6.45, 7) is 15.7. The van der Waals surface area contributed by atoms with Gasteiger partial charge in [0.2, 0.25) is 6.29 Å². The van der Waals surface area contributed by atoms with E-state index in [1.165, 1.54) is 62.5 Å². The van der Waals surface area contributed by atoms with E-state index in [2.05, 4.69) is 26.6 Å². The Bertz CT molecular complexity index is 2870. The van der Waals surface area contributed by atoms with Gasteiger partial charge in [-0.05, 0) is 149 Å². The quantitative estimate of drug-likeness (QED) is 0.0486. The van der Waals surface area contributed by atoms with Crippen LogP contribution < -0.4 is 26.6 Å². The van der Waals surface area contributed by atoms with E-state index in [0.29, 0.717) is 49.4 Å². The minimum Gasteiger partial charge on any atom is -0.466 e. The van der Waals surface area contributed by atoms with Crippen molar-refractivity contribution in [3.05, 3.63) is 91.7 Å². The van der Waals surface area contributed by atoms with Gasteiger partial charge in [0.05, 0.1) is 53.7 Å². The summed E-state index contributed by atoms with van der Waals surface area (Å²) < 4.78 is 52.9. The zero-order valence-corrected chi connectivity index (χ0v) is 52.9. The van der Waals surface area contributed by atoms with Crippen molar-refractivity contribution in [3.8, 4) is 0 Å². The van der Waals surface area contributed by atoms with Crippen LogP contribution in [0.15, 0.2) is 60.4 Å². The van der Waals surface area contributed by atoms with Gasteiger partial charge in [-0.3, -0.25) is 25.0 Å².